The lowest BCUT2D eigenvalue weighted by molar-refractivity contribution is 0.189. The zero-order valence-corrected chi connectivity index (χ0v) is 16.3. The molecule has 0 aliphatic carbocycles. The first-order chi connectivity index (χ1) is 14.1. The molecule has 1 saturated heterocycles. The molecule has 2 aromatic carbocycles. The number of aromatic amines is 1. The highest BCUT2D eigenvalue weighted by Crippen LogP contribution is 2.27. The highest BCUT2D eigenvalue weighted by atomic mass is 16.3. The summed E-state index contributed by atoms with van der Waals surface area (Å²) in [5, 5.41) is 15.4. The molecule has 1 aliphatic rings. The van der Waals surface area contributed by atoms with Crippen molar-refractivity contribution in [2.75, 3.05) is 18.8 Å². The van der Waals surface area contributed by atoms with Gasteiger partial charge in [0, 0.05) is 16.5 Å². The van der Waals surface area contributed by atoms with Crippen molar-refractivity contribution in [2.45, 2.75) is 25.4 Å². The van der Waals surface area contributed by atoms with E-state index in [0.29, 0.717) is 29.1 Å². The topological polar surface area (TPSA) is 104 Å². The number of aliphatic imine (C=N–C) groups is 1. The fraction of sp³-hybridized carbons (Fsp3) is 0.304. The molecule has 0 saturated carbocycles. The summed E-state index contributed by atoms with van der Waals surface area (Å²) < 4.78 is 0. The molecule has 0 radical (unpaired) electrons. The fourth-order valence-corrected chi connectivity index (χ4v) is 4.02. The number of para-hydroxylation sites is 2. The first-order valence-electron chi connectivity index (χ1n) is 10.1. The molecule has 6 nitrogen and oxygen atoms in total. The molecule has 1 fully saturated rings. The van der Waals surface area contributed by atoms with Crippen molar-refractivity contribution < 1.29 is 5.11 Å². The van der Waals surface area contributed by atoms with Gasteiger partial charge in [-0.2, -0.15) is 0 Å². The minimum Gasteiger partial charge on any atom is -0.394 e. The van der Waals surface area contributed by atoms with Crippen LogP contribution >= 0.6 is 0 Å². The molecule has 1 aliphatic heterocycles. The number of piperidine rings is 1. The van der Waals surface area contributed by atoms with Crippen molar-refractivity contribution in [1.29, 1.82) is 0 Å². The number of aliphatic hydroxyl groups is 1. The number of rotatable bonds is 5. The average molecular weight is 390 g/mol. The zero-order chi connectivity index (χ0) is 20.2. The number of anilines is 1. The van der Waals surface area contributed by atoms with Crippen LogP contribution in [0.5, 0.6) is 0 Å². The molecule has 1 aromatic heterocycles. The number of pyridine rings is 1. The summed E-state index contributed by atoms with van der Waals surface area (Å²) in [6, 6.07) is 16.9. The number of benzene rings is 2. The van der Waals surface area contributed by atoms with Crippen molar-refractivity contribution in [2.24, 2.45) is 10.9 Å². The van der Waals surface area contributed by atoms with E-state index < -0.39 is 6.10 Å². The lowest BCUT2D eigenvalue weighted by atomic mass is 9.88. The van der Waals surface area contributed by atoms with Gasteiger partial charge >= 0.3 is 0 Å². The third-order valence-corrected chi connectivity index (χ3v) is 5.55. The quantitative estimate of drug-likeness (QED) is 0.503. The molecule has 4 rings (SSSR count). The summed E-state index contributed by atoms with van der Waals surface area (Å²) >= 11 is 0. The average Bonchev–Trinajstić information content (AvgIpc) is 2.75. The normalized spacial score (nSPS) is 16.8. The molecule has 3 aromatic rings. The number of nitrogens with zero attached hydrogens (tertiary/aromatic N) is 1. The van der Waals surface area contributed by atoms with E-state index in [2.05, 4.69) is 10.3 Å². The zero-order valence-electron chi connectivity index (χ0n) is 16.3. The smallest absolute Gasteiger partial charge is 0.272 e. The summed E-state index contributed by atoms with van der Waals surface area (Å²) in [6.07, 6.45) is 1.81. The van der Waals surface area contributed by atoms with Crippen LogP contribution in [0.15, 0.2) is 64.4 Å². The second kappa shape index (κ2) is 8.59. The standard InChI is InChI=1S/C23H26N4O2/c24-21-20(17-8-4-5-9-18(17)27-23(21)29)22(26-16-6-2-1-3-7-16)19(28)14-15-10-12-25-13-11-15/h1-9,15,19,25,28H,10-14,24H2,(H,27,29). The van der Waals surface area contributed by atoms with Crippen LogP contribution < -0.4 is 16.6 Å². The van der Waals surface area contributed by atoms with Gasteiger partial charge in [-0.1, -0.05) is 36.4 Å². The Morgan fingerprint density at radius 2 is 1.79 bits per heavy atom. The van der Waals surface area contributed by atoms with Crippen LogP contribution in [0.2, 0.25) is 0 Å². The maximum atomic E-state index is 12.5. The Balaban J connectivity index is 1.85. The van der Waals surface area contributed by atoms with Gasteiger partial charge in [-0.25, -0.2) is 4.99 Å². The Bertz CT molecular complexity index is 1070. The summed E-state index contributed by atoms with van der Waals surface area (Å²) in [4.78, 5) is 20.1. The molecule has 5 N–H and O–H groups in total. The molecule has 6 heteroatoms. The van der Waals surface area contributed by atoms with Crippen LogP contribution in [0.4, 0.5) is 11.4 Å². The molecule has 29 heavy (non-hydrogen) atoms. The van der Waals surface area contributed by atoms with E-state index in [-0.39, 0.29) is 11.2 Å². The van der Waals surface area contributed by atoms with E-state index in [0.717, 1.165) is 37.0 Å². The van der Waals surface area contributed by atoms with Gasteiger partial charge in [0.05, 0.1) is 17.5 Å². The van der Waals surface area contributed by atoms with Crippen LogP contribution in [-0.2, 0) is 0 Å². The van der Waals surface area contributed by atoms with Gasteiger partial charge in [-0.05, 0) is 56.5 Å². The molecule has 1 unspecified atom stereocenters. The molecule has 1 atom stereocenters. The van der Waals surface area contributed by atoms with Crippen molar-refractivity contribution in [3.8, 4) is 0 Å². The Hall–Kier alpha value is -2.96. The molecule has 0 amide bonds. The van der Waals surface area contributed by atoms with Gasteiger partial charge in [0.25, 0.3) is 5.56 Å². The fourth-order valence-electron chi connectivity index (χ4n) is 4.02. The van der Waals surface area contributed by atoms with Gasteiger partial charge < -0.3 is 21.1 Å². The summed E-state index contributed by atoms with van der Waals surface area (Å²) in [5.41, 5.74) is 8.32. The number of nitrogens with one attached hydrogen (secondary N) is 2. The molecular formula is C23H26N4O2. The van der Waals surface area contributed by atoms with Crippen LogP contribution in [-0.4, -0.2) is 35.0 Å². The number of hydrogen-bond acceptors (Lipinski definition) is 5. The van der Waals surface area contributed by atoms with E-state index in [1.165, 1.54) is 0 Å². The summed E-state index contributed by atoms with van der Waals surface area (Å²) in [6.45, 7) is 1.91. The minimum absolute atomic E-state index is 0.0859. The van der Waals surface area contributed by atoms with Crippen molar-refractivity contribution in [3.63, 3.8) is 0 Å². The Morgan fingerprint density at radius 1 is 1.10 bits per heavy atom. The number of aliphatic hydroxyl groups excluding tert-OH is 1. The number of hydrogen-bond donors (Lipinski definition) is 4. The highest BCUT2D eigenvalue weighted by molar-refractivity contribution is 6.16. The van der Waals surface area contributed by atoms with Crippen LogP contribution in [0.3, 0.4) is 0 Å². The van der Waals surface area contributed by atoms with Crippen molar-refractivity contribution in [3.05, 3.63) is 70.5 Å². The van der Waals surface area contributed by atoms with Gasteiger partial charge in [0.2, 0.25) is 0 Å². The maximum absolute atomic E-state index is 12.5. The number of nitrogen functional groups attached to an aromatic ring is 1. The first-order valence-corrected chi connectivity index (χ1v) is 10.1. The van der Waals surface area contributed by atoms with Crippen LogP contribution in [0.25, 0.3) is 10.9 Å². The number of nitrogens with two attached hydrogens (primary N) is 1. The highest BCUT2D eigenvalue weighted by Gasteiger charge is 2.25. The second-order valence-corrected chi connectivity index (χ2v) is 7.57. The molecular weight excluding hydrogens is 364 g/mol. The monoisotopic (exact) mass is 390 g/mol. The Kier molecular flexibility index (Phi) is 5.74. The van der Waals surface area contributed by atoms with Gasteiger partial charge in [-0.15, -0.1) is 0 Å². The summed E-state index contributed by atoms with van der Waals surface area (Å²) in [5.74, 6) is 0.404. The molecule has 0 spiro atoms. The summed E-state index contributed by atoms with van der Waals surface area (Å²) in [7, 11) is 0. The number of H-pyrrole nitrogens is 1. The van der Waals surface area contributed by atoms with E-state index >= 15 is 0 Å². The SMILES string of the molecule is Nc1c(C(=Nc2ccccc2)C(O)CC2CCNCC2)c2ccccc2[nH]c1=O. The second-order valence-electron chi connectivity index (χ2n) is 7.57. The van der Waals surface area contributed by atoms with E-state index in [1.807, 2.05) is 54.6 Å². The largest absolute Gasteiger partial charge is 0.394 e. The third kappa shape index (κ3) is 4.23. The predicted molar refractivity (Wildman–Crippen MR) is 118 cm³/mol. The number of aromatic nitrogens is 1. The number of fused-ring (bicyclic) bond motifs is 1. The molecule has 2 heterocycles. The first kappa shape index (κ1) is 19.4. The van der Waals surface area contributed by atoms with Crippen LogP contribution in [0.1, 0.15) is 24.8 Å². The lowest BCUT2D eigenvalue weighted by Crippen LogP contribution is -2.33. The molecule has 0 bridgehead atoms. The lowest BCUT2D eigenvalue weighted by Gasteiger charge is -2.26. The van der Waals surface area contributed by atoms with E-state index in [9.17, 15) is 9.90 Å². The van der Waals surface area contributed by atoms with E-state index in [1.54, 1.807) is 0 Å². The third-order valence-electron chi connectivity index (χ3n) is 5.55. The van der Waals surface area contributed by atoms with E-state index in [4.69, 9.17) is 10.7 Å². The van der Waals surface area contributed by atoms with Gasteiger partial charge in [-0.3, -0.25) is 4.79 Å². The Labute approximate surface area is 169 Å². The maximum Gasteiger partial charge on any atom is 0.272 e. The van der Waals surface area contributed by atoms with Crippen molar-refractivity contribution >= 4 is 28.0 Å². The van der Waals surface area contributed by atoms with Gasteiger partial charge in [0.1, 0.15) is 5.69 Å². The minimum atomic E-state index is -0.814. The molecule has 150 valence electrons. The van der Waals surface area contributed by atoms with Gasteiger partial charge in [0.15, 0.2) is 0 Å². The van der Waals surface area contributed by atoms with Crippen LogP contribution in [0, 0.1) is 5.92 Å². The Morgan fingerprint density at radius 3 is 2.55 bits per heavy atom. The predicted octanol–water partition coefficient (Wildman–Crippen LogP) is 2.98. The van der Waals surface area contributed by atoms with Crippen molar-refractivity contribution in [1.82, 2.24) is 10.3 Å².